The van der Waals surface area contributed by atoms with E-state index in [9.17, 15) is 4.79 Å². The smallest absolute Gasteiger partial charge is 0.146 e. The van der Waals surface area contributed by atoms with Crippen LogP contribution >= 0.6 is 15.9 Å². The summed E-state index contributed by atoms with van der Waals surface area (Å²) in [5.41, 5.74) is 0.294. The van der Waals surface area contributed by atoms with Gasteiger partial charge in [-0.25, -0.2) is 0 Å². The first-order chi connectivity index (χ1) is 5.41. The average Bonchev–Trinajstić information content (AvgIpc) is 1.92. The summed E-state index contributed by atoms with van der Waals surface area (Å²) in [5.74, 6) is 0.972. The molecule has 0 saturated heterocycles. The van der Waals surface area contributed by atoms with Crippen molar-refractivity contribution >= 4 is 21.7 Å². The molecule has 2 atom stereocenters. The van der Waals surface area contributed by atoms with Crippen LogP contribution in [0.1, 0.15) is 40.0 Å². The predicted molar refractivity (Wildman–Crippen MR) is 54.5 cm³/mol. The van der Waals surface area contributed by atoms with Crippen LogP contribution in [-0.4, -0.2) is 10.6 Å². The van der Waals surface area contributed by atoms with Crippen LogP contribution in [0.4, 0.5) is 0 Å². The van der Waals surface area contributed by atoms with Crippen LogP contribution < -0.4 is 0 Å². The van der Waals surface area contributed by atoms with E-state index in [0.717, 1.165) is 12.8 Å². The molecule has 1 saturated carbocycles. The second-order valence-electron chi connectivity index (χ2n) is 4.78. The van der Waals surface area contributed by atoms with Gasteiger partial charge in [0.1, 0.15) is 5.78 Å². The van der Waals surface area contributed by atoms with Gasteiger partial charge in [-0.2, -0.15) is 0 Å². The third-order valence-corrected chi connectivity index (χ3v) is 3.76. The minimum atomic E-state index is 0.135. The molecule has 0 radical (unpaired) electrons. The third kappa shape index (κ3) is 2.32. The van der Waals surface area contributed by atoms with E-state index in [1.165, 1.54) is 6.42 Å². The Morgan fingerprint density at radius 1 is 1.33 bits per heavy atom. The quantitative estimate of drug-likeness (QED) is 0.587. The van der Waals surface area contributed by atoms with Crippen LogP contribution in [0.5, 0.6) is 0 Å². The summed E-state index contributed by atoms with van der Waals surface area (Å²) in [6.07, 6.45) is 2.96. The van der Waals surface area contributed by atoms with Crippen LogP contribution in [0.3, 0.4) is 0 Å². The maximum Gasteiger partial charge on any atom is 0.146 e. The number of hydrogen-bond donors (Lipinski definition) is 0. The molecule has 1 rings (SSSR count). The first-order valence-corrected chi connectivity index (χ1v) is 5.49. The fourth-order valence-corrected chi connectivity index (χ4v) is 2.17. The number of hydrogen-bond acceptors (Lipinski definition) is 1. The van der Waals surface area contributed by atoms with Gasteiger partial charge in [0, 0.05) is 6.42 Å². The zero-order chi connectivity index (χ0) is 9.35. The molecule has 0 aromatic heterocycles. The predicted octanol–water partition coefficient (Wildman–Crippen LogP) is 3.17. The molecule has 1 aliphatic rings. The van der Waals surface area contributed by atoms with Gasteiger partial charge in [-0.05, 0) is 24.2 Å². The molecule has 0 aliphatic heterocycles. The first kappa shape index (κ1) is 10.2. The first-order valence-electron chi connectivity index (χ1n) is 4.58. The zero-order valence-corrected chi connectivity index (χ0v) is 9.65. The molecular weight excluding hydrogens is 216 g/mol. The molecule has 0 bridgehead atoms. The van der Waals surface area contributed by atoms with E-state index in [0.29, 0.717) is 17.1 Å². The van der Waals surface area contributed by atoms with E-state index in [2.05, 4.69) is 36.7 Å². The van der Waals surface area contributed by atoms with Crippen LogP contribution in [0, 0.1) is 11.3 Å². The molecular formula is C10H17BrO. The summed E-state index contributed by atoms with van der Waals surface area (Å²) in [6.45, 7) is 6.67. The topological polar surface area (TPSA) is 17.1 Å². The maximum absolute atomic E-state index is 11.4. The molecule has 12 heavy (non-hydrogen) atoms. The van der Waals surface area contributed by atoms with Gasteiger partial charge in [-0.15, -0.1) is 0 Å². The normalized spacial score (nSPS) is 32.2. The number of carbonyl (C=O) groups is 1. The maximum atomic E-state index is 11.4. The van der Waals surface area contributed by atoms with E-state index >= 15 is 0 Å². The fraction of sp³-hybridized carbons (Fsp3) is 0.900. The summed E-state index contributed by atoms with van der Waals surface area (Å²) >= 11 is 3.40. The molecule has 0 heterocycles. The lowest BCUT2D eigenvalue weighted by molar-refractivity contribution is -0.122. The Morgan fingerprint density at radius 3 is 2.33 bits per heavy atom. The molecule has 0 amide bonds. The van der Waals surface area contributed by atoms with Gasteiger partial charge in [-0.1, -0.05) is 36.7 Å². The standard InChI is InChI=1S/C10H17BrO/c1-10(2,3)7-4-5-8(11)9(12)6-7/h7-8H,4-6H2,1-3H3/t7-,8-/m1/s1. The Morgan fingerprint density at radius 2 is 1.92 bits per heavy atom. The molecule has 0 spiro atoms. The minimum Gasteiger partial charge on any atom is -0.298 e. The van der Waals surface area contributed by atoms with Crippen LogP contribution in [0.2, 0.25) is 0 Å². The molecule has 0 N–H and O–H groups in total. The second-order valence-corrected chi connectivity index (χ2v) is 5.88. The van der Waals surface area contributed by atoms with Crippen molar-refractivity contribution in [3.8, 4) is 0 Å². The molecule has 0 aromatic rings. The highest BCUT2D eigenvalue weighted by Crippen LogP contribution is 2.37. The van der Waals surface area contributed by atoms with E-state index in [-0.39, 0.29) is 4.83 Å². The second kappa shape index (κ2) is 3.49. The van der Waals surface area contributed by atoms with Crippen molar-refractivity contribution in [1.29, 1.82) is 0 Å². The Labute approximate surface area is 83.0 Å². The van der Waals surface area contributed by atoms with Crippen molar-refractivity contribution in [1.82, 2.24) is 0 Å². The SMILES string of the molecule is CC(C)(C)[C@@H]1CC[C@@H](Br)C(=O)C1. The van der Waals surface area contributed by atoms with Crippen molar-refractivity contribution in [2.24, 2.45) is 11.3 Å². The van der Waals surface area contributed by atoms with Gasteiger partial charge in [0.05, 0.1) is 4.83 Å². The van der Waals surface area contributed by atoms with Crippen LogP contribution in [0.25, 0.3) is 0 Å². The number of Topliss-reactive ketones (excluding diaryl/α,β-unsaturated/α-hetero) is 1. The number of alkyl halides is 1. The average molecular weight is 233 g/mol. The highest BCUT2D eigenvalue weighted by Gasteiger charge is 2.33. The van der Waals surface area contributed by atoms with Crippen molar-refractivity contribution in [3.05, 3.63) is 0 Å². The van der Waals surface area contributed by atoms with Crippen LogP contribution in [0.15, 0.2) is 0 Å². The molecule has 0 aromatic carbocycles. The molecule has 70 valence electrons. The third-order valence-electron chi connectivity index (χ3n) is 2.79. The molecule has 1 nitrogen and oxygen atoms in total. The highest BCUT2D eigenvalue weighted by atomic mass is 79.9. The van der Waals surface area contributed by atoms with Gasteiger partial charge in [0.25, 0.3) is 0 Å². The number of carbonyl (C=O) groups excluding carboxylic acids is 1. The summed E-state index contributed by atoms with van der Waals surface area (Å²) in [5, 5.41) is 0. The molecule has 1 aliphatic carbocycles. The number of halogens is 1. The van der Waals surface area contributed by atoms with E-state index in [1.54, 1.807) is 0 Å². The van der Waals surface area contributed by atoms with E-state index < -0.39 is 0 Å². The van der Waals surface area contributed by atoms with Crippen LogP contribution in [-0.2, 0) is 4.79 Å². The molecule has 0 unspecified atom stereocenters. The lowest BCUT2D eigenvalue weighted by atomic mass is 9.72. The summed E-state index contributed by atoms with van der Waals surface area (Å²) < 4.78 is 0. The number of rotatable bonds is 0. The van der Waals surface area contributed by atoms with Gasteiger partial charge in [-0.3, -0.25) is 4.79 Å². The Bertz CT molecular complexity index is 181. The van der Waals surface area contributed by atoms with Crippen molar-refractivity contribution in [2.75, 3.05) is 0 Å². The highest BCUT2D eigenvalue weighted by molar-refractivity contribution is 9.10. The van der Waals surface area contributed by atoms with E-state index in [1.807, 2.05) is 0 Å². The van der Waals surface area contributed by atoms with Gasteiger partial charge < -0.3 is 0 Å². The lowest BCUT2D eigenvalue weighted by Gasteiger charge is -2.34. The van der Waals surface area contributed by atoms with Gasteiger partial charge in [0.15, 0.2) is 0 Å². The molecule has 1 fully saturated rings. The fourth-order valence-electron chi connectivity index (χ4n) is 1.72. The zero-order valence-electron chi connectivity index (χ0n) is 8.06. The van der Waals surface area contributed by atoms with Crippen molar-refractivity contribution in [2.45, 2.75) is 44.9 Å². The molecule has 2 heteroatoms. The van der Waals surface area contributed by atoms with Gasteiger partial charge in [0.2, 0.25) is 0 Å². The monoisotopic (exact) mass is 232 g/mol. The Hall–Kier alpha value is 0.150. The van der Waals surface area contributed by atoms with Crippen molar-refractivity contribution < 1.29 is 4.79 Å². The summed E-state index contributed by atoms with van der Waals surface area (Å²) in [7, 11) is 0. The number of ketones is 1. The summed E-state index contributed by atoms with van der Waals surface area (Å²) in [4.78, 5) is 11.5. The minimum absolute atomic E-state index is 0.135. The largest absolute Gasteiger partial charge is 0.298 e. The van der Waals surface area contributed by atoms with E-state index in [4.69, 9.17) is 0 Å². The van der Waals surface area contributed by atoms with Gasteiger partial charge >= 0.3 is 0 Å². The summed E-state index contributed by atoms with van der Waals surface area (Å²) in [6, 6.07) is 0. The lowest BCUT2D eigenvalue weighted by Crippen LogP contribution is -2.32. The van der Waals surface area contributed by atoms with Crippen molar-refractivity contribution in [3.63, 3.8) is 0 Å². The Kier molecular flexibility index (Phi) is 2.97. The Balaban J connectivity index is 2.57.